The third kappa shape index (κ3) is 8.30. The maximum absolute atomic E-state index is 12.6. The highest BCUT2D eigenvalue weighted by atomic mass is 16.2. The van der Waals surface area contributed by atoms with Crippen LogP contribution in [0.1, 0.15) is 47.0 Å². The zero-order chi connectivity index (χ0) is 21.1. The normalized spacial score (nSPS) is 16.1. The van der Waals surface area contributed by atoms with Gasteiger partial charge in [0.05, 0.1) is 6.54 Å². The third-order valence-corrected chi connectivity index (χ3v) is 5.11. The molecular formula is C22H38N6O. The van der Waals surface area contributed by atoms with Crippen LogP contribution < -0.4 is 15.5 Å². The number of carbonyl (C=O) groups is 1. The average Bonchev–Trinajstić information content (AvgIpc) is 2.73. The van der Waals surface area contributed by atoms with E-state index in [1.807, 2.05) is 29.3 Å². The second kappa shape index (κ2) is 12.3. The van der Waals surface area contributed by atoms with Crippen molar-refractivity contribution in [3.63, 3.8) is 0 Å². The summed E-state index contributed by atoms with van der Waals surface area (Å²) in [6, 6.07) is 6.30. The van der Waals surface area contributed by atoms with Crippen LogP contribution >= 0.6 is 0 Å². The number of nitrogens with zero attached hydrogens (tertiary/aromatic N) is 4. The van der Waals surface area contributed by atoms with Gasteiger partial charge in [-0.1, -0.05) is 19.9 Å². The molecule has 2 N–H and O–H groups in total. The summed E-state index contributed by atoms with van der Waals surface area (Å²) in [5.41, 5.74) is 0. The molecule has 0 saturated carbocycles. The van der Waals surface area contributed by atoms with Gasteiger partial charge in [-0.15, -0.1) is 0 Å². The van der Waals surface area contributed by atoms with Gasteiger partial charge in [0.1, 0.15) is 5.82 Å². The first-order valence-corrected chi connectivity index (χ1v) is 11.0. The van der Waals surface area contributed by atoms with Crippen LogP contribution in [0.15, 0.2) is 29.4 Å². The molecule has 162 valence electrons. The molecule has 0 bridgehead atoms. The maximum atomic E-state index is 12.6. The van der Waals surface area contributed by atoms with E-state index in [1.165, 1.54) is 6.42 Å². The first-order chi connectivity index (χ1) is 14.0. The minimum atomic E-state index is 0.179. The Morgan fingerprint density at radius 3 is 2.55 bits per heavy atom. The Bertz CT molecular complexity index is 625. The highest BCUT2D eigenvalue weighted by molar-refractivity contribution is 5.81. The van der Waals surface area contributed by atoms with E-state index >= 15 is 0 Å². The van der Waals surface area contributed by atoms with Crippen LogP contribution in [0.4, 0.5) is 5.82 Å². The van der Waals surface area contributed by atoms with E-state index in [-0.39, 0.29) is 5.91 Å². The Balaban J connectivity index is 1.75. The average molecular weight is 403 g/mol. The number of guanidine groups is 1. The molecule has 2 rings (SSSR count). The van der Waals surface area contributed by atoms with Gasteiger partial charge in [0.2, 0.25) is 5.91 Å². The van der Waals surface area contributed by atoms with Crippen LogP contribution in [0.3, 0.4) is 0 Å². The van der Waals surface area contributed by atoms with Gasteiger partial charge in [-0.25, -0.2) is 4.98 Å². The van der Waals surface area contributed by atoms with Crippen LogP contribution in [-0.4, -0.2) is 67.1 Å². The summed E-state index contributed by atoms with van der Waals surface area (Å²) in [4.78, 5) is 25.7. The number of aromatic nitrogens is 1. The van der Waals surface area contributed by atoms with Crippen molar-refractivity contribution in [2.75, 3.05) is 44.2 Å². The molecule has 7 heteroatoms. The Morgan fingerprint density at radius 1 is 1.17 bits per heavy atom. The van der Waals surface area contributed by atoms with Crippen LogP contribution in [0, 0.1) is 5.92 Å². The van der Waals surface area contributed by atoms with Gasteiger partial charge in [-0.05, 0) is 44.7 Å². The molecule has 1 unspecified atom stereocenters. The Kier molecular flexibility index (Phi) is 9.74. The molecule has 1 aliphatic rings. The summed E-state index contributed by atoms with van der Waals surface area (Å²) >= 11 is 0. The van der Waals surface area contributed by atoms with E-state index < -0.39 is 0 Å². The van der Waals surface area contributed by atoms with E-state index in [0.29, 0.717) is 24.9 Å². The second-order valence-corrected chi connectivity index (χ2v) is 8.08. The molecule has 7 nitrogen and oxygen atoms in total. The van der Waals surface area contributed by atoms with Gasteiger partial charge < -0.3 is 20.4 Å². The number of rotatable bonds is 9. The molecule has 1 atom stereocenters. The van der Waals surface area contributed by atoms with Crippen LogP contribution in [0.25, 0.3) is 0 Å². The van der Waals surface area contributed by atoms with E-state index in [9.17, 15) is 4.79 Å². The van der Waals surface area contributed by atoms with Crippen LogP contribution in [-0.2, 0) is 4.79 Å². The van der Waals surface area contributed by atoms with Gasteiger partial charge in [0, 0.05) is 51.4 Å². The van der Waals surface area contributed by atoms with Crippen LogP contribution in [0.5, 0.6) is 0 Å². The molecule has 29 heavy (non-hydrogen) atoms. The number of hydrogen-bond donors (Lipinski definition) is 2. The number of aliphatic imine (C=N–C) groups is 1. The summed E-state index contributed by atoms with van der Waals surface area (Å²) < 4.78 is 0. The van der Waals surface area contributed by atoms with Gasteiger partial charge in [0.25, 0.3) is 0 Å². The quantitative estimate of drug-likeness (QED) is 0.490. The van der Waals surface area contributed by atoms with Crippen LogP contribution in [0.2, 0.25) is 0 Å². The summed E-state index contributed by atoms with van der Waals surface area (Å²) in [6.07, 6.45) is 4.56. The first kappa shape index (κ1) is 23.0. The topological polar surface area (TPSA) is 72.9 Å². The zero-order valence-electron chi connectivity index (χ0n) is 18.5. The fourth-order valence-corrected chi connectivity index (χ4v) is 3.36. The lowest BCUT2D eigenvalue weighted by molar-refractivity contribution is -0.131. The summed E-state index contributed by atoms with van der Waals surface area (Å²) in [5.74, 6) is 2.67. The van der Waals surface area contributed by atoms with E-state index in [4.69, 9.17) is 0 Å². The van der Waals surface area contributed by atoms with Gasteiger partial charge in [-0.3, -0.25) is 9.79 Å². The lowest BCUT2D eigenvalue weighted by atomic mass is 10.0. The van der Waals surface area contributed by atoms with Gasteiger partial charge in [0.15, 0.2) is 5.96 Å². The molecular weight excluding hydrogens is 364 g/mol. The van der Waals surface area contributed by atoms with Crippen molar-refractivity contribution >= 4 is 17.7 Å². The van der Waals surface area contributed by atoms with E-state index in [0.717, 1.165) is 50.9 Å². The van der Waals surface area contributed by atoms with Crippen molar-refractivity contribution in [1.82, 2.24) is 20.5 Å². The lowest BCUT2D eigenvalue weighted by Gasteiger charge is -2.35. The van der Waals surface area contributed by atoms with Crippen molar-refractivity contribution in [2.24, 2.45) is 10.9 Å². The number of nitrogens with one attached hydrogen (secondary N) is 2. The predicted molar refractivity (Wildman–Crippen MR) is 120 cm³/mol. The number of amides is 1. The molecule has 1 saturated heterocycles. The van der Waals surface area contributed by atoms with E-state index in [2.05, 4.69) is 53.2 Å². The van der Waals surface area contributed by atoms with Crippen molar-refractivity contribution in [3.05, 3.63) is 24.4 Å². The lowest BCUT2D eigenvalue weighted by Crippen LogP contribution is -2.49. The number of hydrogen-bond acceptors (Lipinski definition) is 4. The number of carbonyl (C=O) groups excluding carboxylic acids is 1. The smallest absolute Gasteiger partial charge is 0.224 e. The maximum Gasteiger partial charge on any atom is 0.224 e. The summed E-state index contributed by atoms with van der Waals surface area (Å²) in [6.45, 7) is 13.2. The monoisotopic (exact) mass is 402 g/mol. The molecule has 1 aromatic rings. The highest BCUT2D eigenvalue weighted by Gasteiger charge is 2.21. The van der Waals surface area contributed by atoms with Crippen molar-refractivity contribution in [3.8, 4) is 0 Å². The highest BCUT2D eigenvalue weighted by Crippen LogP contribution is 2.13. The SMILES string of the molecule is CCNC(=NCCC(=O)N1CCN(c2ccccn2)CC1)NC(C)CCC(C)C. The van der Waals surface area contributed by atoms with Crippen molar-refractivity contribution in [1.29, 1.82) is 0 Å². The molecule has 1 amide bonds. The molecule has 0 radical (unpaired) electrons. The molecule has 1 fully saturated rings. The Hall–Kier alpha value is -2.31. The molecule has 0 aromatic carbocycles. The predicted octanol–water partition coefficient (Wildman–Crippen LogP) is 2.50. The molecule has 1 aromatic heterocycles. The fraction of sp³-hybridized carbons (Fsp3) is 0.682. The Morgan fingerprint density at radius 2 is 1.93 bits per heavy atom. The summed E-state index contributed by atoms with van der Waals surface area (Å²) in [5, 5.41) is 6.73. The molecule has 1 aliphatic heterocycles. The van der Waals surface area contributed by atoms with Crippen molar-refractivity contribution in [2.45, 2.75) is 53.0 Å². The first-order valence-electron chi connectivity index (χ1n) is 11.0. The van der Waals surface area contributed by atoms with Crippen molar-refractivity contribution < 1.29 is 4.79 Å². The van der Waals surface area contributed by atoms with Gasteiger partial charge >= 0.3 is 0 Å². The second-order valence-electron chi connectivity index (χ2n) is 8.08. The molecule has 0 spiro atoms. The number of pyridine rings is 1. The molecule has 0 aliphatic carbocycles. The molecule has 2 heterocycles. The Labute approximate surface area is 176 Å². The summed E-state index contributed by atoms with van der Waals surface area (Å²) in [7, 11) is 0. The number of piperazine rings is 1. The largest absolute Gasteiger partial charge is 0.357 e. The standard InChI is InChI=1S/C22H38N6O/c1-5-23-22(26-19(4)10-9-18(2)3)25-13-11-21(29)28-16-14-27(15-17-28)20-8-6-7-12-24-20/h6-8,12,18-19H,5,9-11,13-17H2,1-4H3,(H2,23,25,26). The number of anilines is 1. The zero-order valence-corrected chi connectivity index (χ0v) is 18.5. The third-order valence-electron chi connectivity index (χ3n) is 5.11. The minimum Gasteiger partial charge on any atom is -0.357 e. The fourth-order valence-electron chi connectivity index (χ4n) is 3.36. The van der Waals surface area contributed by atoms with E-state index in [1.54, 1.807) is 0 Å². The van der Waals surface area contributed by atoms with Gasteiger partial charge in [-0.2, -0.15) is 0 Å². The minimum absolute atomic E-state index is 0.179.